The highest BCUT2D eigenvalue weighted by Gasteiger charge is 2.23. The van der Waals surface area contributed by atoms with Crippen molar-refractivity contribution in [2.75, 3.05) is 31.0 Å². The Kier molecular flexibility index (Phi) is 7.90. The molecular formula is C24H21N7O6S. The summed E-state index contributed by atoms with van der Waals surface area (Å²) in [7, 11) is 1.49. The largest absolute Gasteiger partial charge is 0.484 e. The maximum absolute atomic E-state index is 13.1. The Morgan fingerprint density at radius 3 is 2.76 bits per heavy atom. The fourth-order valence-corrected chi connectivity index (χ4v) is 4.22. The van der Waals surface area contributed by atoms with E-state index in [0.717, 1.165) is 11.3 Å². The summed E-state index contributed by atoms with van der Waals surface area (Å²) in [6.45, 7) is 3.39. The number of rotatable bonds is 9. The normalized spacial score (nSPS) is 10.6. The second-order valence-corrected chi connectivity index (χ2v) is 8.70. The van der Waals surface area contributed by atoms with Gasteiger partial charge in [0.25, 0.3) is 5.91 Å². The van der Waals surface area contributed by atoms with Crippen LogP contribution in [-0.4, -0.2) is 52.1 Å². The van der Waals surface area contributed by atoms with Gasteiger partial charge in [0.2, 0.25) is 21.9 Å². The minimum Gasteiger partial charge on any atom is -0.484 e. The molecule has 1 aromatic carbocycles. The Morgan fingerprint density at radius 2 is 2.03 bits per heavy atom. The summed E-state index contributed by atoms with van der Waals surface area (Å²) < 4.78 is 17.2. The summed E-state index contributed by atoms with van der Waals surface area (Å²) >= 11 is 0.978. The minimum absolute atomic E-state index is 0.0506. The van der Waals surface area contributed by atoms with Crippen molar-refractivity contribution in [1.82, 2.24) is 20.0 Å². The first-order chi connectivity index (χ1) is 18.3. The van der Waals surface area contributed by atoms with Crippen molar-refractivity contribution in [2.45, 2.75) is 13.8 Å². The molecule has 38 heavy (non-hydrogen) atoms. The molecule has 0 saturated carbocycles. The predicted molar refractivity (Wildman–Crippen MR) is 137 cm³/mol. The first kappa shape index (κ1) is 26.2. The number of methoxy groups -OCH3 is 1. The average molecular weight is 536 g/mol. The number of nitrogens with one attached hydrogen (secondary N) is 2. The third-order valence-electron chi connectivity index (χ3n) is 5.09. The molecule has 0 radical (unpaired) electrons. The molecule has 0 aliphatic heterocycles. The lowest BCUT2D eigenvalue weighted by molar-refractivity contribution is -0.114. The number of carbonyl (C=O) groups is 2. The molecule has 194 valence electrons. The van der Waals surface area contributed by atoms with E-state index >= 15 is 0 Å². The molecule has 13 nitrogen and oxygen atoms in total. The monoisotopic (exact) mass is 535 g/mol. The highest BCUT2D eigenvalue weighted by Crippen LogP contribution is 2.34. The van der Waals surface area contributed by atoms with Crippen molar-refractivity contribution >= 4 is 34.1 Å². The SMILES string of the molecule is COCCOc1c(-c2c(C)cccc2C#N)cc(C(=O)Nc2nnc(-n3nccc3NC(C)=O)s2)oc1=O. The summed E-state index contributed by atoms with van der Waals surface area (Å²) in [5.74, 6) is -1.17. The van der Waals surface area contributed by atoms with Crippen molar-refractivity contribution in [2.24, 2.45) is 0 Å². The number of hydrogen-bond donors (Lipinski definition) is 2. The van der Waals surface area contributed by atoms with Gasteiger partial charge in [-0.15, -0.1) is 10.2 Å². The van der Waals surface area contributed by atoms with Gasteiger partial charge in [-0.05, 0) is 24.6 Å². The lowest BCUT2D eigenvalue weighted by atomic mass is 9.95. The van der Waals surface area contributed by atoms with Gasteiger partial charge in [0.1, 0.15) is 12.4 Å². The molecule has 3 heterocycles. The molecule has 2 amide bonds. The van der Waals surface area contributed by atoms with E-state index in [1.165, 1.54) is 31.0 Å². The molecule has 2 N–H and O–H groups in total. The topological polar surface area (TPSA) is 174 Å². The molecule has 4 aromatic rings. The minimum atomic E-state index is -0.898. The van der Waals surface area contributed by atoms with Gasteiger partial charge in [0.15, 0.2) is 5.76 Å². The van der Waals surface area contributed by atoms with Crippen LogP contribution in [0.5, 0.6) is 5.75 Å². The lowest BCUT2D eigenvalue weighted by Gasteiger charge is -2.14. The van der Waals surface area contributed by atoms with Gasteiger partial charge in [0.05, 0.1) is 24.4 Å². The maximum Gasteiger partial charge on any atom is 0.379 e. The smallest absolute Gasteiger partial charge is 0.379 e. The van der Waals surface area contributed by atoms with Crippen molar-refractivity contribution in [3.8, 4) is 28.1 Å². The van der Waals surface area contributed by atoms with Crippen LogP contribution in [0.1, 0.15) is 28.6 Å². The third kappa shape index (κ3) is 5.59. The zero-order valence-corrected chi connectivity index (χ0v) is 21.3. The van der Waals surface area contributed by atoms with E-state index < -0.39 is 11.5 Å². The van der Waals surface area contributed by atoms with Gasteiger partial charge in [0, 0.05) is 31.2 Å². The number of anilines is 2. The van der Waals surface area contributed by atoms with Crippen LogP contribution in [0, 0.1) is 18.3 Å². The Hall–Kier alpha value is -4.87. The molecule has 14 heteroatoms. The van der Waals surface area contributed by atoms with Gasteiger partial charge in [-0.2, -0.15) is 15.0 Å². The van der Waals surface area contributed by atoms with Crippen molar-refractivity contribution < 1.29 is 23.5 Å². The van der Waals surface area contributed by atoms with E-state index in [2.05, 4.69) is 32.0 Å². The third-order valence-corrected chi connectivity index (χ3v) is 5.91. The lowest BCUT2D eigenvalue weighted by Crippen LogP contribution is -2.18. The van der Waals surface area contributed by atoms with Crippen LogP contribution < -0.4 is 21.0 Å². The number of amides is 2. The van der Waals surface area contributed by atoms with Crippen LogP contribution in [-0.2, 0) is 9.53 Å². The highest BCUT2D eigenvalue weighted by atomic mass is 32.1. The molecule has 0 atom stereocenters. The summed E-state index contributed by atoms with van der Waals surface area (Å²) in [5, 5.41) is 27.2. The van der Waals surface area contributed by atoms with Gasteiger partial charge in [-0.25, -0.2) is 4.79 Å². The Bertz CT molecular complexity index is 1600. The van der Waals surface area contributed by atoms with Crippen LogP contribution in [0.2, 0.25) is 0 Å². The summed E-state index contributed by atoms with van der Waals surface area (Å²) in [6.07, 6.45) is 1.47. The number of carbonyl (C=O) groups excluding carboxylic acids is 2. The van der Waals surface area contributed by atoms with Crippen molar-refractivity contribution in [3.05, 3.63) is 63.8 Å². The number of aryl methyl sites for hydroxylation is 1. The summed E-state index contributed by atoms with van der Waals surface area (Å²) in [4.78, 5) is 37.4. The van der Waals surface area contributed by atoms with Crippen molar-refractivity contribution in [1.29, 1.82) is 5.26 Å². The number of aromatic nitrogens is 4. The second-order valence-electron chi connectivity index (χ2n) is 7.74. The van der Waals surface area contributed by atoms with E-state index in [1.807, 2.05) is 0 Å². The fourth-order valence-electron chi connectivity index (χ4n) is 3.50. The molecule has 0 aliphatic rings. The molecule has 0 unspecified atom stereocenters. The molecular weight excluding hydrogens is 514 g/mol. The molecule has 0 bridgehead atoms. The maximum atomic E-state index is 13.1. The average Bonchev–Trinajstić information content (AvgIpc) is 3.53. The van der Waals surface area contributed by atoms with E-state index in [1.54, 1.807) is 31.2 Å². The van der Waals surface area contributed by atoms with E-state index in [0.29, 0.717) is 22.5 Å². The van der Waals surface area contributed by atoms with E-state index in [-0.39, 0.29) is 46.5 Å². The van der Waals surface area contributed by atoms with Gasteiger partial charge in [-0.1, -0.05) is 23.5 Å². The first-order valence-corrected chi connectivity index (χ1v) is 11.9. The molecule has 3 aromatic heterocycles. The molecule has 0 aliphatic carbocycles. The molecule has 0 saturated heterocycles. The quantitative estimate of drug-likeness (QED) is 0.303. The van der Waals surface area contributed by atoms with Crippen LogP contribution in [0.4, 0.5) is 10.9 Å². The Balaban J connectivity index is 1.68. The second kappa shape index (κ2) is 11.5. The van der Waals surface area contributed by atoms with Crippen molar-refractivity contribution in [3.63, 3.8) is 0 Å². The van der Waals surface area contributed by atoms with Gasteiger partial charge < -0.3 is 19.2 Å². The number of nitrogens with zero attached hydrogens (tertiary/aromatic N) is 5. The predicted octanol–water partition coefficient (Wildman–Crippen LogP) is 2.76. The van der Waals surface area contributed by atoms with Gasteiger partial charge in [-0.3, -0.25) is 14.9 Å². The number of hydrogen-bond acceptors (Lipinski definition) is 11. The summed E-state index contributed by atoms with van der Waals surface area (Å²) in [6, 6.07) is 10.1. The number of nitriles is 1. The Morgan fingerprint density at radius 1 is 1.21 bits per heavy atom. The molecule has 0 spiro atoms. The van der Waals surface area contributed by atoms with Crippen LogP contribution in [0.25, 0.3) is 16.3 Å². The van der Waals surface area contributed by atoms with E-state index in [4.69, 9.17) is 13.9 Å². The van der Waals surface area contributed by atoms with E-state index in [9.17, 15) is 19.6 Å². The first-order valence-electron chi connectivity index (χ1n) is 11.1. The fraction of sp³-hybridized carbons (Fsp3) is 0.208. The molecule has 4 rings (SSSR count). The Labute approximate surface area is 219 Å². The zero-order valence-electron chi connectivity index (χ0n) is 20.5. The van der Waals surface area contributed by atoms with Crippen LogP contribution in [0.3, 0.4) is 0 Å². The van der Waals surface area contributed by atoms with Gasteiger partial charge >= 0.3 is 5.63 Å². The number of ether oxygens (including phenoxy) is 2. The zero-order chi connectivity index (χ0) is 27.2. The van der Waals surface area contributed by atoms with Crippen LogP contribution >= 0.6 is 11.3 Å². The summed E-state index contributed by atoms with van der Waals surface area (Å²) in [5.41, 5.74) is 0.755. The highest BCUT2D eigenvalue weighted by molar-refractivity contribution is 7.17. The molecule has 0 fully saturated rings. The number of benzene rings is 1. The standard InChI is InChI=1S/C24H21N7O6S/c1-13-5-4-6-15(12-25)19(13)16-11-17(37-22(34)20(16)36-10-9-35-3)21(33)28-23-29-30-24(38-23)31-18(7-8-26-31)27-14(2)32/h4-8,11H,9-10H2,1-3H3,(H,27,32)(H,28,29,33). The van der Waals surface area contributed by atoms with Crippen LogP contribution in [0.15, 0.2) is 45.7 Å².